The smallest absolute Gasteiger partial charge is 0.224 e. The summed E-state index contributed by atoms with van der Waals surface area (Å²) in [5.74, 6) is 0.817. The van der Waals surface area contributed by atoms with Gasteiger partial charge in [0, 0.05) is 26.3 Å². The van der Waals surface area contributed by atoms with Crippen LogP contribution >= 0.6 is 27.5 Å². The van der Waals surface area contributed by atoms with E-state index in [-0.39, 0.29) is 5.28 Å². The molecule has 0 aliphatic heterocycles. The van der Waals surface area contributed by atoms with Crippen molar-refractivity contribution < 1.29 is 0 Å². The molecule has 0 aromatic carbocycles. The Morgan fingerprint density at radius 1 is 1.33 bits per heavy atom. The largest absolute Gasteiger partial charge is 0.357 e. The fraction of sp³-hybridized carbons (Fsp3) is 0.556. The Hall–Kier alpha value is -0.390. The van der Waals surface area contributed by atoms with Crippen molar-refractivity contribution in [2.24, 2.45) is 0 Å². The quantitative estimate of drug-likeness (QED) is 0.794. The van der Waals surface area contributed by atoms with Crippen LogP contribution in [0.15, 0.2) is 10.7 Å². The Kier molecular flexibility index (Phi) is 4.76. The minimum absolute atomic E-state index is 0.268. The molecular weight excluding hydrogens is 279 g/mol. The molecular formula is C9H14BrClN4. The van der Waals surface area contributed by atoms with Gasteiger partial charge in [-0.15, -0.1) is 0 Å². The SMILES string of the molecule is CN(C)CCN(C)c1nc(Cl)ncc1Br. The zero-order chi connectivity index (χ0) is 11.4. The van der Waals surface area contributed by atoms with Crippen molar-refractivity contribution in [1.82, 2.24) is 14.9 Å². The third-order valence-electron chi connectivity index (χ3n) is 1.94. The number of rotatable bonds is 4. The molecule has 0 aliphatic rings. The van der Waals surface area contributed by atoms with Crippen molar-refractivity contribution in [3.8, 4) is 0 Å². The summed E-state index contributed by atoms with van der Waals surface area (Å²) in [6, 6.07) is 0. The van der Waals surface area contributed by atoms with Gasteiger partial charge in [0.15, 0.2) is 0 Å². The first-order valence-corrected chi connectivity index (χ1v) is 5.71. The van der Waals surface area contributed by atoms with Crippen molar-refractivity contribution in [3.63, 3.8) is 0 Å². The van der Waals surface area contributed by atoms with Crippen LogP contribution in [0.25, 0.3) is 0 Å². The molecule has 0 spiro atoms. The van der Waals surface area contributed by atoms with Crippen LogP contribution in [0.4, 0.5) is 5.82 Å². The van der Waals surface area contributed by atoms with Crippen molar-refractivity contribution in [1.29, 1.82) is 0 Å². The number of hydrogen-bond donors (Lipinski definition) is 0. The molecule has 1 rings (SSSR count). The Morgan fingerprint density at radius 2 is 2.00 bits per heavy atom. The van der Waals surface area contributed by atoms with Gasteiger partial charge in [0.05, 0.1) is 4.47 Å². The second-order valence-electron chi connectivity index (χ2n) is 3.54. The molecule has 15 heavy (non-hydrogen) atoms. The van der Waals surface area contributed by atoms with Crippen LogP contribution in [0.5, 0.6) is 0 Å². The molecule has 0 saturated heterocycles. The summed E-state index contributed by atoms with van der Waals surface area (Å²) in [6.45, 7) is 1.85. The topological polar surface area (TPSA) is 32.3 Å². The lowest BCUT2D eigenvalue weighted by Crippen LogP contribution is -2.29. The standard InChI is InChI=1S/C9H14BrClN4/c1-14(2)4-5-15(3)8-7(10)6-12-9(11)13-8/h6H,4-5H2,1-3H3. The maximum Gasteiger partial charge on any atom is 0.224 e. The van der Waals surface area contributed by atoms with E-state index >= 15 is 0 Å². The van der Waals surface area contributed by atoms with Crippen LogP contribution in [0, 0.1) is 0 Å². The second kappa shape index (κ2) is 5.63. The lowest BCUT2D eigenvalue weighted by atomic mass is 10.4. The molecule has 1 heterocycles. The van der Waals surface area contributed by atoms with Crippen molar-refractivity contribution >= 4 is 33.3 Å². The zero-order valence-electron chi connectivity index (χ0n) is 9.04. The number of hydrogen-bond acceptors (Lipinski definition) is 4. The van der Waals surface area contributed by atoms with Crippen LogP contribution < -0.4 is 4.90 Å². The molecule has 0 radical (unpaired) electrons. The Labute approximate surface area is 103 Å². The maximum absolute atomic E-state index is 5.74. The van der Waals surface area contributed by atoms with E-state index in [1.165, 1.54) is 0 Å². The minimum atomic E-state index is 0.268. The number of aromatic nitrogens is 2. The van der Waals surface area contributed by atoms with Gasteiger partial charge >= 0.3 is 0 Å². The molecule has 0 N–H and O–H groups in total. The van der Waals surface area contributed by atoms with Gasteiger partial charge in [-0.3, -0.25) is 0 Å². The highest BCUT2D eigenvalue weighted by Crippen LogP contribution is 2.22. The van der Waals surface area contributed by atoms with E-state index in [0.29, 0.717) is 0 Å². The Morgan fingerprint density at radius 3 is 2.60 bits per heavy atom. The van der Waals surface area contributed by atoms with Gasteiger partial charge in [-0.2, -0.15) is 4.98 Å². The highest BCUT2D eigenvalue weighted by Gasteiger charge is 2.08. The van der Waals surface area contributed by atoms with Crippen molar-refractivity contribution in [2.45, 2.75) is 0 Å². The van der Waals surface area contributed by atoms with Gasteiger partial charge in [0.1, 0.15) is 5.82 Å². The summed E-state index contributed by atoms with van der Waals surface area (Å²) in [4.78, 5) is 12.2. The lowest BCUT2D eigenvalue weighted by molar-refractivity contribution is 0.416. The third kappa shape index (κ3) is 3.93. The molecule has 0 atom stereocenters. The van der Waals surface area contributed by atoms with Gasteiger partial charge in [-0.05, 0) is 41.6 Å². The predicted octanol–water partition coefficient (Wildman–Crippen LogP) is 1.89. The summed E-state index contributed by atoms with van der Waals surface area (Å²) in [5.41, 5.74) is 0. The van der Waals surface area contributed by atoms with Crippen LogP contribution in [0.3, 0.4) is 0 Å². The van der Waals surface area contributed by atoms with Gasteiger partial charge in [-0.1, -0.05) is 0 Å². The van der Waals surface area contributed by atoms with Crippen LogP contribution in [-0.2, 0) is 0 Å². The van der Waals surface area contributed by atoms with Gasteiger partial charge in [0.25, 0.3) is 0 Å². The number of halogens is 2. The lowest BCUT2D eigenvalue weighted by Gasteiger charge is -2.21. The minimum Gasteiger partial charge on any atom is -0.357 e. The number of anilines is 1. The van der Waals surface area contributed by atoms with Crippen molar-refractivity contribution in [3.05, 3.63) is 16.0 Å². The summed E-state index contributed by atoms with van der Waals surface area (Å²) in [7, 11) is 6.05. The number of likely N-dealkylation sites (N-methyl/N-ethyl adjacent to an activating group) is 2. The van der Waals surface area contributed by atoms with E-state index in [1.807, 2.05) is 26.0 Å². The molecule has 0 bridgehead atoms. The molecule has 0 aliphatic carbocycles. The highest BCUT2D eigenvalue weighted by molar-refractivity contribution is 9.10. The van der Waals surface area contributed by atoms with Crippen LogP contribution in [0.1, 0.15) is 0 Å². The van der Waals surface area contributed by atoms with E-state index in [4.69, 9.17) is 11.6 Å². The number of nitrogens with zero attached hydrogens (tertiary/aromatic N) is 4. The van der Waals surface area contributed by atoms with Gasteiger partial charge in [-0.25, -0.2) is 4.98 Å². The molecule has 1 aromatic rings. The molecule has 84 valence electrons. The summed E-state index contributed by atoms with van der Waals surface area (Å²) in [6.07, 6.45) is 1.66. The first kappa shape index (κ1) is 12.7. The van der Waals surface area contributed by atoms with Gasteiger partial charge in [0.2, 0.25) is 5.28 Å². The molecule has 6 heteroatoms. The molecule has 0 saturated carbocycles. The second-order valence-corrected chi connectivity index (χ2v) is 4.73. The molecule has 0 amide bonds. The van der Waals surface area contributed by atoms with E-state index in [2.05, 4.69) is 30.8 Å². The van der Waals surface area contributed by atoms with E-state index < -0.39 is 0 Å². The highest BCUT2D eigenvalue weighted by atomic mass is 79.9. The monoisotopic (exact) mass is 292 g/mol. The Bertz CT molecular complexity index is 332. The van der Waals surface area contributed by atoms with Crippen LogP contribution in [0.2, 0.25) is 5.28 Å². The Balaban J connectivity index is 2.72. The summed E-state index contributed by atoms with van der Waals surface area (Å²) >= 11 is 9.14. The van der Waals surface area contributed by atoms with Gasteiger partial charge < -0.3 is 9.80 Å². The van der Waals surface area contributed by atoms with E-state index in [9.17, 15) is 0 Å². The maximum atomic E-state index is 5.74. The van der Waals surface area contributed by atoms with E-state index in [0.717, 1.165) is 23.4 Å². The average molecular weight is 294 g/mol. The fourth-order valence-electron chi connectivity index (χ4n) is 1.06. The average Bonchev–Trinajstić information content (AvgIpc) is 2.18. The summed E-state index contributed by atoms with van der Waals surface area (Å²) in [5, 5.41) is 0.268. The van der Waals surface area contributed by atoms with Crippen molar-refractivity contribution in [2.75, 3.05) is 39.1 Å². The first-order valence-electron chi connectivity index (χ1n) is 4.54. The molecule has 4 nitrogen and oxygen atoms in total. The zero-order valence-corrected chi connectivity index (χ0v) is 11.4. The summed E-state index contributed by atoms with van der Waals surface area (Å²) < 4.78 is 0.855. The fourth-order valence-corrected chi connectivity index (χ4v) is 1.68. The molecule has 0 fully saturated rings. The van der Waals surface area contributed by atoms with E-state index in [1.54, 1.807) is 6.20 Å². The normalized spacial score (nSPS) is 10.8. The first-order chi connectivity index (χ1) is 7.00. The third-order valence-corrected chi connectivity index (χ3v) is 2.68. The predicted molar refractivity (Wildman–Crippen MR) is 66.6 cm³/mol. The van der Waals surface area contributed by atoms with Crippen LogP contribution in [-0.4, -0.2) is 49.1 Å². The molecule has 0 unspecified atom stereocenters. The molecule has 1 aromatic heterocycles.